The Morgan fingerprint density at radius 2 is 1.54 bits per heavy atom. The highest BCUT2D eigenvalue weighted by Gasteiger charge is 2.17. The molecule has 2 nitrogen and oxygen atoms in total. The monoisotopic (exact) mass is 187 g/mol. The highest BCUT2D eigenvalue weighted by Crippen LogP contribution is 2.10. The second-order valence-corrected chi connectivity index (χ2v) is 5.67. The number of ether oxygens (including phenoxy) is 1. The second-order valence-electron chi connectivity index (χ2n) is 5.67. The van der Waals surface area contributed by atoms with Crippen LogP contribution in [0.15, 0.2) is 0 Å². The third-order valence-corrected chi connectivity index (χ3v) is 1.47. The molecule has 0 saturated heterocycles. The minimum Gasteiger partial charge on any atom is -0.372 e. The van der Waals surface area contributed by atoms with Crippen LogP contribution < -0.4 is 5.32 Å². The van der Waals surface area contributed by atoms with E-state index in [0.717, 1.165) is 6.54 Å². The summed E-state index contributed by atoms with van der Waals surface area (Å²) in [5, 5.41) is 3.42. The van der Waals surface area contributed by atoms with Crippen LogP contribution in [0.2, 0.25) is 0 Å². The van der Waals surface area contributed by atoms with Crippen LogP contribution in [-0.4, -0.2) is 23.8 Å². The van der Waals surface area contributed by atoms with Gasteiger partial charge in [-0.1, -0.05) is 0 Å². The van der Waals surface area contributed by atoms with Gasteiger partial charge in [0.1, 0.15) is 0 Å². The third kappa shape index (κ3) is 9.84. The fourth-order valence-electron chi connectivity index (χ4n) is 1.10. The zero-order valence-corrected chi connectivity index (χ0v) is 10.2. The van der Waals surface area contributed by atoms with Crippen molar-refractivity contribution < 1.29 is 4.74 Å². The molecule has 1 N–H and O–H groups in total. The molecule has 0 rings (SSSR count). The molecule has 0 aliphatic carbocycles. The van der Waals surface area contributed by atoms with Crippen molar-refractivity contribution in [3.63, 3.8) is 0 Å². The Morgan fingerprint density at radius 1 is 1.08 bits per heavy atom. The first-order valence-electron chi connectivity index (χ1n) is 5.03. The quantitative estimate of drug-likeness (QED) is 0.733. The van der Waals surface area contributed by atoms with E-state index in [1.54, 1.807) is 0 Å². The molecule has 0 aromatic carbocycles. The van der Waals surface area contributed by atoms with Crippen LogP contribution in [0.25, 0.3) is 0 Å². The lowest BCUT2D eigenvalue weighted by atomic mass is 10.1. The van der Waals surface area contributed by atoms with Gasteiger partial charge in [-0.05, 0) is 48.5 Å². The van der Waals surface area contributed by atoms with E-state index in [0.29, 0.717) is 0 Å². The maximum absolute atomic E-state index is 5.77. The van der Waals surface area contributed by atoms with Crippen molar-refractivity contribution in [2.45, 2.75) is 65.7 Å². The van der Waals surface area contributed by atoms with Crippen LogP contribution in [0, 0.1) is 0 Å². The van der Waals surface area contributed by atoms with Crippen LogP contribution in [0.1, 0.15) is 48.5 Å². The smallest absolute Gasteiger partial charge is 0.0678 e. The number of rotatable bonds is 3. The van der Waals surface area contributed by atoms with Gasteiger partial charge in [0, 0.05) is 12.1 Å². The summed E-state index contributed by atoms with van der Waals surface area (Å²) in [4.78, 5) is 0. The maximum Gasteiger partial charge on any atom is 0.0678 e. The van der Waals surface area contributed by atoms with E-state index in [9.17, 15) is 0 Å². The summed E-state index contributed by atoms with van der Waals surface area (Å²) in [7, 11) is 0. The van der Waals surface area contributed by atoms with Crippen molar-refractivity contribution in [1.29, 1.82) is 0 Å². The minimum absolute atomic E-state index is 0.0427. The molecule has 0 amide bonds. The summed E-state index contributed by atoms with van der Waals surface area (Å²) in [6, 6.07) is 0. The molecule has 0 aromatic rings. The van der Waals surface area contributed by atoms with Crippen molar-refractivity contribution in [3.8, 4) is 0 Å². The van der Waals surface area contributed by atoms with Gasteiger partial charge in [-0.25, -0.2) is 0 Å². The Labute approximate surface area is 83.1 Å². The van der Waals surface area contributed by atoms with Crippen LogP contribution in [0.4, 0.5) is 0 Å². The van der Waals surface area contributed by atoms with Gasteiger partial charge in [-0.15, -0.1) is 0 Å². The van der Waals surface area contributed by atoms with Gasteiger partial charge in [0.2, 0.25) is 0 Å². The van der Waals surface area contributed by atoms with E-state index in [2.05, 4.69) is 53.8 Å². The summed E-state index contributed by atoms with van der Waals surface area (Å²) in [5.74, 6) is 0. The van der Waals surface area contributed by atoms with Crippen LogP contribution in [0.3, 0.4) is 0 Å². The van der Waals surface area contributed by atoms with Gasteiger partial charge in [-0.2, -0.15) is 0 Å². The third-order valence-electron chi connectivity index (χ3n) is 1.47. The number of nitrogens with one attached hydrogen (secondary N) is 1. The van der Waals surface area contributed by atoms with E-state index in [4.69, 9.17) is 4.74 Å². The van der Waals surface area contributed by atoms with Gasteiger partial charge in [0.05, 0.1) is 11.7 Å². The van der Waals surface area contributed by atoms with Gasteiger partial charge in [0.15, 0.2) is 0 Å². The first-order chi connectivity index (χ1) is 5.60. The van der Waals surface area contributed by atoms with Crippen molar-refractivity contribution >= 4 is 0 Å². The molecular weight excluding hydrogens is 162 g/mol. The molecule has 0 saturated carbocycles. The average molecular weight is 187 g/mol. The Kier molecular flexibility index (Phi) is 4.40. The standard InChI is InChI=1S/C11H25NO/c1-9(13-11(5,6)7)8-12-10(2,3)4/h9,12H,8H2,1-7H3. The highest BCUT2D eigenvalue weighted by atomic mass is 16.5. The maximum atomic E-state index is 5.77. The highest BCUT2D eigenvalue weighted by molar-refractivity contribution is 4.73. The van der Waals surface area contributed by atoms with E-state index in [1.807, 2.05) is 0 Å². The molecule has 80 valence electrons. The first-order valence-corrected chi connectivity index (χ1v) is 5.03. The van der Waals surface area contributed by atoms with Gasteiger partial charge in [0.25, 0.3) is 0 Å². The largest absolute Gasteiger partial charge is 0.372 e. The topological polar surface area (TPSA) is 21.3 Å². The summed E-state index contributed by atoms with van der Waals surface area (Å²) in [5.41, 5.74) is 0.133. The normalized spacial score (nSPS) is 15.9. The predicted molar refractivity (Wildman–Crippen MR) is 58.1 cm³/mol. The Bertz CT molecular complexity index is 141. The Morgan fingerprint density at radius 3 is 1.85 bits per heavy atom. The molecule has 13 heavy (non-hydrogen) atoms. The lowest BCUT2D eigenvalue weighted by molar-refractivity contribution is -0.0516. The van der Waals surface area contributed by atoms with Gasteiger partial charge in [-0.3, -0.25) is 0 Å². The molecule has 2 heteroatoms. The van der Waals surface area contributed by atoms with Gasteiger partial charge >= 0.3 is 0 Å². The molecule has 0 heterocycles. The average Bonchev–Trinajstić information content (AvgIpc) is 1.78. The molecule has 1 atom stereocenters. The van der Waals surface area contributed by atoms with Crippen molar-refractivity contribution in [3.05, 3.63) is 0 Å². The summed E-state index contributed by atoms with van der Waals surface area (Å²) in [6.07, 6.45) is 0.263. The van der Waals surface area contributed by atoms with Crippen LogP contribution in [-0.2, 0) is 4.74 Å². The van der Waals surface area contributed by atoms with Crippen LogP contribution >= 0.6 is 0 Å². The lowest BCUT2D eigenvalue weighted by Gasteiger charge is -2.28. The molecule has 0 aliphatic rings. The SMILES string of the molecule is CC(CNC(C)(C)C)OC(C)(C)C. The number of hydrogen-bond acceptors (Lipinski definition) is 2. The predicted octanol–water partition coefficient (Wildman–Crippen LogP) is 2.58. The van der Waals surface area contributed by atoms with E-state index in [-0.39, 0.29) is 17.2 Å². The Balaban J connectivity index is 3.70. The summed E-state index contributed by atoms with van der Waals surface area (Å²) in [6.45, 7) is 15.7. The minimum atomic E-state index is -0.0427. The lowest BCUT2D eigenvalue weighted by Crippen LogP contribution is -2.42. The van der Waals surface area contributed by atoms with Crippen molar-refractivity contribution in [2.75, 3.05) is 6.54 Å². The second kappa shape index (κ2) is 4.43. The van der Waals surface area contributed by atoms with Crippen molar-refractivity contribution in [2.24, 2.45) is 0 Å². The summed E-state index contributed by atoms with van der Waals surface area (Å²) >= 11 is 0. The van der Waals surface area contributed by atoms with Crippen LogP contribution in [0.5, 0.6) is 0 Å². The zero-order valence-electron chi connectivity index (χ0n) is 10.2. The molecule has 1 unspecified atom stereocenters. The first kappa shape index (κ1) is 12.9. The Hall–Kier alpha value is -0.0800. The molecule has 0 bridgehead atoms. The van der Waals surface area contributed by atoms with Gasteiger partial charge < -0.3 is 10.1 Å². The molecule has 0 aromatic heterocycles. The molecule has 0 fully saturated rings. The molecular formula is C11H25NO. The van der Waals surface area contributed by atoms with E-state index >= 15 is 0 Å². The summed E-state index contributed by atoms with van der Waals surface area (Å²) < 4.78 is 5.77. The van der Waals surface area contributed by atoms with E-state index < -0.39 is 0 Å². The fourth-order valence-corrected chi connectivity index (χ4v) is 1.10. The van der Waals surface area contributed by atoms with E-state index in [1.165, 1.54) is 0 Å². The molecule has 0 aliphatic heterocycles. The van der Waals surface area contributed by atoms with Crippen molar-refractivity contribution in [1.82, 2.24) is 5.32 Å². The molecule has 0 radical (unpaired) electrons. The fraction of sp³-hybridized carbons (Fsp3) is 1.00. The number of hydrogen-bond donors (Lipinski definition) is 1. The zero-order chi connectivity index (χ0) is 10.7. The molecule has 0 spiro atoms.